The molecule has 0 bridgehead atoms. The molecule has 0 spiro atoms. The average molecular weight is 604 g/mol. The Hall–Kier alpha value is -3.14. The highest BCUT2D eigenvalue weighted by Gasteiger charge is 2.34. The average Bonchev–Trinajstić information content (AvgIpc) is 3.48. The van der Waals surface area contributed by atoms with Crippen molar-refractivity contribution >= 4 is 58.2 Å². The number of halogens is 3. The van der Waals surface area contributed by atoms with Gasteiger partial charge in [0.2, 0.25) is 0 Å². The van der Waals surface area contributed by atoms with Crippen LogP contribution in [0.2, 0.25) is 15.1 Å². The number of rotatable bonds is 7. The molecular weight excluding hydrogens is 583 g/mol. The van der Waals surface area contributed by atoms with E-state index < -0.39 is 12.0 Å². The number of hydrogen-bond donors (Lipinski definition) is 0. The van der Waals surface area contributed by atoms with Gasteiger partial charge in [-0.2, -0.15) is 0 Å². The smallest absolute Gasteiger partial charge is 0.338 e. The van der Waals surface area contributed by atoms with Crippen molar-refractivity contribution in [3.05, 3.63) is 112 Å². The molecule has 0 fully saturated rings. The zero-order valence-electron chi connectivity index (χ0n) is 20.7. The Kier molecular flexibility index (Phi) is 8.11. The molecule has 7 nitrogen and oxygen atoms in total. The summed E-state index contributed by atoms with van der Waals surface area (Å²) in [6, 6.07) is 14.9. The van der Waals surface area contributed by atoms with Crippen molar-refractivity contribution in [2.24, 2.45) is 4.99 Å². The predicted octanol–water partition coefficient (Wildman–Crippen LogP) is 5.65. The Balaban J connectivity index is 1.61. The van der Waals surface area contributed by atoms with E-state index in [1.807, 2.05) is 0 Å². The van der Waals surface area contributed by atoms with E-state index in [0.29, 0.717) is 52.7 Å². The van der Waals surface area contributed by atoms with Gasteiger partial charge in [0.1, 0.15) is 24.2 Å². The SMILES string of the molecule is COCCOC(=O)C1=C(C)N=c2s/c(=C/c3ccc(-c4ccc(Cl)cc4Cl)o3)c(=O)n2[C@@H]1c1ccccc1Cl. The van der Waals surface area contributed by atoms with E-state index >= 15 is 0 Å². The Bertz CT molecular complexity index is 1790. The van der Waals surface area contributed by atoms with Crippen molar-refractivity contribution in [1.29, 1.82) is 0 Å². The van der Waals surface area contributed by atoms with Gasteiger partial charge in [-0.15, -0.1) is 0 Å². The molecular formula is C28H21Cl3N2O5S. The van der Waals surface area contributed by atoms with Gasteiger partial charge in [-0.3, -0.25) is 9.36 Å². The first-order valence-corrected chi connectivity index (χ1v) is 13.7. The Morgan fingerprint density at radius 1 is 1.10 bits per heavy atom. The van der Waals surface area contributed by atoms with Gasteiger partial charge in [0.25, 0.3) is 5.56 Å². The topological polar surface area (TPSA) is 83.0 Å². The molecule has 4 aromatic rings. The van der Waals surface area contributed by atoms with Crippen molar-refractivity contribution in [3.63, 3.8) is 0 Å². The summed E-state index contributed by atoms with van der Waals surface area (Å²) in [6.07, 6.45) is 1.64. The van der Waals surface area contributed by atoms with Crippen LogP contribution in [0.25, 0.3) is 17.4 Å². The minimum atomic E-state index is -0.827. The molecule has 0 saturated carbocycles. The van der Waals surface area contributed by atoms with Crippen LogP contribution < -0.4 is 14.9 Å². The molecule has 2 aromatic carbocycles. The Morgan fingerprint density at radius 3 is 2.64 bits per heavy atom. The second kappa shape index (κ2) is 11.5. The van der Waals surface area contributed by atoms with Crippen LogP contribution in [0.1, 0.15) is 24.3 Å². The molecule has 0 aliphatic carbocycles. The van der Waals surface area contributed by atoms with Crippen LogP contribution in [0.3, 0.4) is 0 Å². The summed E-state index contributed by atoms with van der Waals surface area (Å²) < 4.78 is 18.2. The number of hydrogen-bond acceptors (Lipinski definition) is 7. The first-order valence-electron chi connectivity index (χ1n) is 11.8. The molecule has 39 heavy (non-hydrogen) atoms. The van der Waals surface area contributed by atoms with Gasteiger partial charge in [0.05, 0.1) is 27.4 Å². The van der Waals surface area contributed by atoms with Crippen molar-refractivity contribution in [2.75, 3.05) is 20.3 Å². The van der Waals surface area contributed by atoms with Crippen LogP contribution >= 0.6 is 46.1 Å². The van der Waals surface area contributed by atoms with Gasteiger partial charge < -0.3 is 13.9 Å². The number of benzene rings is 2. The van der Waals surface area contributed by atoms with Gasteiger partial charge in [-0.1, -0.05) is 64.3 Å². The Morgan fingerprint density at radius 2 is 1.90 bits per heavy atom. The number of allylic oxidation sites excluding steroid dienone is 1. The largest absolute Gasteiger partial charge is 0.460 e. The summed E-state index contributed by atoms with van der Waals surface area (Å²) >= 11 is 20.1. The number of aromatic nitrogens is 1. The number of nitrogens with zero attached hydrogens (tertiary/aromatic N) is 2. The lowest BCUT2D eigenvalue weighted by molar-refractivity contribution is -0.140. The maximum Gasteiger partial charge on any atom is 0.338 e. The minimum Gasteiger partial charge on any atom is -0.460 e. The number of thiazole rings is 1. The van der Waals surface area contributed by atoms with E-state index in [-0.39, 0.29) is 24.3 Å². The molecule has 0 unspecified atom stereocenters. The number of methoxy groups -OCH3 is 1. The maximum atomic E-state index is 13.8. The molecule has 200 valence electrons. The zero-order valence-corrected chi connectivity index (χ0v) is 23.8. The lowest BCUT2D eigenvalue weighted by atomic mass is 9.96. The molecule has 0 radical (unpaired) electrons. The molecule has 1 aliphatic heterocycles. The highest BCUT2D eigenvalue weighted by atomic mass is 35.5. The van der Waals surface area contributed by atoms with Crippen LogP contribution in [0.15, 0.2) is 80.1 Å². The second-order valence-corrected chi connectivity index (χ2v) is 10.8. The summed E-state index contributed by atoms with van der Waals surface area (Å²) in [5, 5.41) is 1.37. The molecule has 3 heterocycles. The third-order valence-corrected chi connectivity index (χ3v) is 7.93. The van der Waals surface area contributed by atoms with Crippen LogP contribution in [0.5, 0.6) is 0 Å². The van der Waals surface area contributed by atoms with E-state index in [1.165, 1.54) is 23.0 Å². The molecule has 0 N–H and O–H groups in total. The van der Waals surface area contributed by atoms with Crippen LogP contribution in [-0.4, -0.2) is 30.9 Å². The summed E-state index contributed by atoms with van der Waals surface area (Å²) in [5.41, 5.74) is 1.58. The fourth-order valence-corrected chi connectivity index (χ4v) is 6.03. The summed E-state index contributed by atoms with van der Waals surface area (Å²) in [4.78, 5) is 32.0. The van der Waals surface area contributed by atoms with Crippen molar-refractivity contribution < 1.29 is 18.7 Å². The van der Waals surface area contributed by atoms with E-state index in [1.54, 1.807) is 67.6 Å². The molecule has 0 saturated heterocycles. The lowest BCUT2D eigenvalue weighted by Crippen LogP contribution is -2.40. The van der Waals surface area contributed by atoms with Crippen molar-refractivity contribution in [3.8, 4) is 11.3 Å². The standard InChI is InChI=1S/C28H21Cl3N2O5S/c1-15-24(27(35)37-12-11-36-2)25(19-5-3-4-6-20(19)30)33-26(34)23(39-28(33)32-15)14-17-8-10-22(38-17)18-9-7-16(29)13-21(18)31/h3-10,13-14,25H,11-12H2,1-2H3/b23-14+/t25-/m1/s1. The van der Waals surface area contributed by atoms with Gasteiger partial charge >= 0.3 is 5.97 Å². The number of ether oxygens (including phenoxy) is 2. The molecule has 11 heteroatoms. The number of furan rings is 1. The van der Waals surface area contributed by atoms with Crippen molar-refractivity contribution in [2.45, 2.75) is 13.0 Å². The quantitative estimate of drug-likeness (QED) is 0.202. The highest BCUT2D eigenvalue weighted by Crippen LogP contribution is 2.35. The predicted molar refractivity (Wildman–Crippen MR) is 152 cm³/mol. The first kappa shape index (κ1) is 27.4. The third-order valence-electron chi connectivity index (χ3n) is 6.06. The Labute approximate surface area is 242 Å². The van der Waals surface area contributed by atoms with Gasteiger partial charge in [0.15, 0.2) is 4.80 Å². The van der Waals surface area contributed by atoms with E-state index in [9.17, 15) is 9.59 Å². The van der Waals surface area contributed by atoms with Gasteiger partial charge in [-0.05, 0) is 48.9 Å². The lowest BCUT2D eigenvalue weighted by Gasteiger charge is -2.25. The number of carbonyl (C=O) groups excluding carboxylic acids is 1. The zero-order chi connectivity index (χ0) is 27.7. The van der Waals surface area contributed by atoms with E-state index in [4.69, 9.17) is 48.7 Å². The van der Waals surface area contributed by atoms with E-state index in [2.05, 4.69) is 4.99 Å². The number of fused-ring (bicyclic) bond motifs is 1. The van der Waals surface area contributed by atoms with Crippen LogP contribution in [0.4, 0.5) is 0 Å². The summed E-state index contributed by atoms with van der Waals surface area (Å²) in [7, 11) is 1.52. The molecule has 5 rings (SSSR count). The van der Waals surface area contributed by atoms with Gasteiger partial charge in [-0.25, -0.2) is 9.79 Å². The molecule has 2 aromatic heterocycles. The third kappa shape index (κ3) is 5.48. The summed E-state index contributed by atoms with van der Waals surface area (Å²) in [6.45, 7) is 2.01. The second-order valence-electron chi connectivity index (χ2n) is 8.56. The molecule has 1 aliphatic rings. The molecule has 0 amide bonds. The number of carbonyl (C=O) groups is 1. The van der Waals surface area contributed by atoms with Crippen LogP contribution in [-0.2, 0) is 14.3 Å². The maximum absolute atomic E-state index is 13.8. The normalized spacial score (nSPS) is 15.3. The van der Waals surface area contributed by atoms with Crippen molar-refractivity contribution in [1.82, 2.24) is 4.57 Å². The highest BCUT2D eigenvalue weighted by molar-refractivity contribution is 7.07. The molecule has 1 atom stereocenters. The monoisotopic (exact) mass is 602 g/mol. The fraction of sp³-hybridized carbons (Fsp3) is 0.179. The fourth-order valence-electron chi connectivity index (χ4n) is 4.26. The minimum absolute atomic E-state index is 0.0598. The number of esters is 1. The van der Waals surface area contributed by atoms with Gasteiger partial charge in [0, 0.05) is 28.8 Å². The van der Waals surface area contributed by atoms with Crippen LogP contribution in [0, 0.1) is 0 Å². The summed E-state index contributed by atoms with van der Waals surface area (Å²) in [5.74, 6) is 0.384. The first-order chi connectivity index (χ1) is 18.8. The van der Waals surface area contributed by atoms with E-state index in [0.717, 1.165) is 0 Å².